The fourth-order valence-corrected chi connectivity index (χ4v) is 5.02. The maximum Gasteiger partial charge on any atom is 0.246 e. The van der Waals surface area contributed by atoms with E-state index in [-0.39, 0.29) is 29.3 Å². The molecule has 0 bridgehead atoms. The molecule has 3 heterocycles. The fraction of sp³-hybridized carbons (Fsp3) is 0.261. The van der Waals surface area contributed by atoms with Crippen molar-refractivity contribution >= 4 is 62.4 Å². The largest absolute Gasteiger partial charge is 0.338 e. The van der Waals surface area contributed by atoms with E-state index in [1.165, 1.54) is 52.7 Å². The Morgan fingerprint density at radius 3 is 2.82 bits per heavy atom. The molecule has 176 valence electrons. The molecule has 3 aromatic rings. The SMILES string of the molecule is CC(=O)N(c1nc(C=CC(=O)N2CCCC(C(=O)Nc3nccs3)C2)cs1)c1ccccc1F. The number of carbonyl (C=O) groups is 3. The molecular formula is C23H22FN5O3S2. The Morgan fingerprint density at radius 2 is 2.09 bits per heavy atom. The third-order valence-electron chi connectivity index (χ3n) is 5.27. The van der Waals surface area contributed by atoms with Crippen LogP contribution in [-0.2, 0) is 14.4 Å². The van der Waals surface area contributed by atoms with Gasteiger partial charge in [0.2, 0.25) is 17.7 Å². The molecule has 1 atom stereocenters. The van der Waals surface area contributed by atoms with Gasteiger partial charge in [-0.25, -0.2) is 14.4 Å². The highest BCUT2D eigenvalue weighted by atomic mass is 32.1. The van der Waals surface area contributed by atoms with Crippen LogP contribution in [-0.4, -0.2) is 45.7 Å². The van der Waals surface area contributed by atoms with Gasteiger partial charge in [-0.3, -0.25) is 19.3 Å². The topological polar surface area (TPSA) is 95.5 Å². The number of halogens is 1. The van der Waals surface area contributed by atoms with Crippen LogP contribution in [0.4, 0.5) is 20.3 Å². The molecule has 3 amide bonds. The zero-order valence-corrected chi connectivity index (χ0v) is 19.9. The number of likely N-dealkylation sites (tertiary alicyclic amines) is 1. The molecule has 11 heteroatoms. The number of hydrogen-bond acceptors (Lipinski definition) is 7. The normalized spacial score (nSPS) is 15.9. The lowest BCUT2D eigenvalue weighted by atomic mass is 9.97. The van der Waals surface area contributed by atoms with Gasteiger partial charge >= 0.3 is 0 Å². The van der Waals surface area contributed by atoms with Gasteiger partial charge in [0.1, 0.15) is 5.82 Å². The molecule has 1 saturated heterocycles. The first-order valence-electron chi connectivity index (χ1n) is 10.6. The van der Waals surface area contributed by atoms with Gasteiger partial charge in [0.15, 0.2) is 10.3 Å². The fourth-order valence-electron chi connectivity index (χ4n) is 3.64. The number of aromatic nitrogens is 2. The van der Waals surface area contributed by atoms with Crippen molar-refractivity contribution in [2.75, 3.05) is 23.3 Å². The highest BCUT2D eigenvalue weighted by Gasteiger charge is 2.28. The van der Waals surface area contributed by atoms with E-state index in [9.17, 15) is 18.8 Å². The van der Waals surface area contributed by atoms with Crippen LogP contribution in [0.3, 0.4) is 0 Å². The molecule has 1 aliphatic rings. The van der Waals surface area contributed by atoms with E-state index in [2.05, 4.69) is 15.3 Å². The minimum Gasteiger partial charge on any atom is -0.338 e. The number of piperidine rings is 1. The number of nitrogens with zero attached hydrogens (tertiary/aromatic N) is 4. The summed E-state index contributed by atoms with van der Waals surface area (Å²) in [5.41, 5.74) is 0.595. The predicted octanol–water partition coefficient (Wildman–Crippen LogP) is 4.31. The number of carbonyl (C=O) groups excluding carboxylic acids is 3. The zero-order chi connectivity index (χ0) is 24.1. The van der Waals surface area contributed by atoms with Gasteiger partial charge in [0.25, 0.3) is 0 Å². The van der Waals surface area contributed by atoms with Crippen LogP contribution >= 0.6 is 22.7 Å². The van der Waals surface area contributed by atoms with E-state index in [0.29, 0.717) is 35.5 Å². The summed E-state index contributed by atoms with van der Waals surface area (Å²) in [7, 11) is 0. The summed E-state index contributed by atoms with van der Waals surface area (Å²) in [4.78, 5) is 48.7. The number of thiazole rings is 2. The Balaban J connectivity index is 1.41. The number of para-hydroxylation sites is 1. The van der Waals surface area contributed by atoms with Crippen LogP contribution in [0.5, 0.6) is 0 Å². The monoisotopic (exact) mass is 499 g/mol. The van der Waals surface area contributed by atoms with E-state index in [4.69, 9.17) is 0 Å². The van der Waals surface area contributed by atoms with Crippen molar-refractivity contribution in [3.05, 3.63) is 58.8 Å². The summed E-state index contributed by atoms with van der Waals surface area (Å²) >= 11 is 2.52. The van der Waals surface area contributed by atoms with Gasteiger partial charge < -0.3 is 10.2 Å². The van der Waals surface area contributed by atoms with E-state index >= 15 is 0 Å². The number of hydrogen-bond donors (Lipinski definition) is 1. The molecule has 1 fully saturated rings. The molecule has 1 unspecified atom stereocenters. The average Bonchev–Trinajstić information content (AvgIpc) is 3.51. The first kappa shape index (κ1) is 23.7. The molecule has 1 aliphatic heterocycles. The van der Waals surface area contributed by atoms with Crippen molar-refractivity contribution in [1.29, 1.82) is 0 Å². The van der Waals surface area contributed by atoms with Crippen molar-refractivity contribution in [3.63, 3.8) is 0 Å². The average molecular weight is 500 g/mol. The van der Waals surface area contributed by atoms with Crippen molar-refractivity contribution in [1.82, 2.24) is 14.9 Å². The molecule has 0 saturated carbocycles. The Bertz CT molecular complexity index is 1210. The number of nitrogens with one attached hydrogen (secondary N) is 1. The molecule has 4 rings (SSSR count). The molecular weight excluding hydrogens is 477 g/mol. The molecule has 0 radical (unpaired) electrons. The predicted molar refractivity (Wildman–Crippen MR) is 130 cm³/mol. The van der Waals surface area contributed by atoms with Crippen molar-refractivity contribution in [2.24, 2.45) is 5.92 Å². The number of rotatable bonds is 6. The molecule has 8 nitrogen and oxygen atoms in total. The van der Waals surface area contributed by atoms with Gasteiger partial charge in [-0.15, -0.1) is 22.7 Å². The summed E-state index contributed by atoms with van der Waals surface area (Å²) < 4.78 is 14.2. The smallest absolute Gasteiger partial charge is 0.246 e. The zero-order valence-electron chi connectivity index (χ0n) is 18.3. The Morgan fingerprint density at radius 1 is 1.26 bits per heavy atom. The minimum atomic E-state index is -0.529. The van der Waals surface area contributed by atoms with Crippen LogP contribution < -0.4 is 10.2 Å². The Kier molecular flexibility index (Phi) is 7.43. The summed E-state index contributed by atoms with van der Waals surface area (Å²) in [6, 6.07) is 5.98. The van der Waals surface area contributed by atoms with E-state index in [0.717, 1.165) is 6.42 Å². The van der Waals surface area contributed by atoms with E-state index in [1.54, 1.807) is 40.1 Å². The van der Waals surface area contributed by atoms with Gasteiger partial charge in [-0.2, -0.15) is 0 Å². The molecule has 0 spiro atoms. The third kappa shape index (κ3) is 5.54. The first-order valence-corrected chi connectivity index (χ1v) is 12.4. The highest BCUT2D eigenvalue weighted by molar-refractivity contribution is 7.14. The van der Waals surface area contributed by atoms with Crippen molar-refractivity contribution in [3.8, 4) is 0 Å². The Labute approximate surface area is 203 Å². The molecule has 2 aromatic heterocycles. The highest BCUT2D eigenvalue weighted by Crippen LogP contribution is 2.31. The minimum absolute atomic E-state index is 0.117. The van der Waals surface area contributed by atoms with Crippen LogP contribution in [0.15, 0.2) is 47.3 Å². The number of anilines is 3. The molecule has 1 N–H and O–H groups in total. The van der Waals surface area contributed by atoms with Crippen molar-refractivity contribution in [2.45, 2.75) is 19.8 Å². The second kappa shape index (κ2) is 10.7. The van der Waals surface area contributed by atoms with E-state index < -0.39 is 5.82 Å². The molecule has 34 heavy (non-hydrogen) atoms. The second-order valence-corrected chi connectivity index (χ2v) is 9.38. The second-order valence-electron chi connectivity index (χ2n) is 7.64. The van der Waals surface area contributed by atoms with Crippen LogP contribution in [0, 0.1) is 11.7 Å². The van der Waals surface area contributed by atoms with Gasteiger partial charge in [-0.05, 0) is 31.1 Å². The lowest BCUT2D eigenvalue weighted by molar-refractivity contribution is -0.130. The number of amides is 3. The van der Waals surface area contributed by atoms with E-state index in [1.807, 2.05) is 0 Å². The van der Waals surface area contributed by atoms with Gasteiger partial charge in [0.05, 0.1) is 17.3 Å². The maximum absolute atomic E-state index is 14.2. The van der Waals surface area contributed by atoms with Crippen molar-refractivity contribution < 1.29 is 18.8 Å². The lowest BCUT2D eigenvalue weighted by Gasteiger charge is -2.31. The van der Waals surface area contributed by atoms with Crippen LogP contribution in [0.25, 0.3) is 6.08 Å². The summed E-state index contributed by atoms with van der Waals surface area (Å²) in [5.74, 6) is -1.57. The summed E-state index contributed by atoms with van der Waals surface area (Å²) in [5, 5.41) is 7.12. The molecule has 1 aromatic carbocycles. The number of benzene rings is 1. The standard InChI is InChI=1S/C23H22FN5O3S2/c1-15(30)29(19-7-3-2-6-18(19)24)23-26-17(14-34-23)8-9-20(31)28-11-4-5-16(13-28)21(32)27-22-25-10-12-33-22/h2-3,6-10,12,14,16H,4-5,11,13H2,1H3,(H,25,27,32). The maximum atomic E-state index is 14.2. The Hall–Kier alpha value is -3.44. The third-order valence-corrected chi connectivity index (χ3v) is 6.80. The van der Waals surface area contributed by atoms with Crippen LogP contribution in [0.1, 0.15) is 25.5 Å². The lowest BCUT2D eigenvalue weighted by Crippen LogP contribution is -2.43. The van der Waals surface area contributed by atoms with Gasteiger partial charge in [0, 0.05) is 43.0 Å². The quantitative estimate of drug-likeness (QED) is 0.510. The summed E-state index contributed by atoms with van der Waals surface area (Å²) in [6.07, 6.45) is 6.02. The summed E-state index contributed by atoms with van der Waals surface area (Å²) in [6.45, 7) is 2.23. The molecule has 0 aliphatic carbocycles. The van der Waals surface area contributed by atoms with Crippen LogP contribution in [0.2, 0.25) is 0 Å². The van der Waals surface area contributed by atoms with Gasteiger partial charge in [-0.1, -0.05) is 12.1 Å². The first-order chi connectivity index (χ1) is 16.4.